The number of fused-ring (bicyclic) bond motifs is 25. The molecule has 774 valence electrons. The van der Waals surface area contributed by atoms with Gasteiger partial charge in [0.2, 0.25) is 17.6 Å². The van der Waals surface area contributed by atoms with E-state index in [0.29, 0.717) is 128 Å². The second-order valence-electron chi connectivity index (χ2n) is 37.3. The largest absolute Gasteiger partial charge is 0.489 e. The van der Waals surface area contributed by atoms with Crippen molar-refractivity contribution in [2.75, 3.05) is 103 Å². The molecule has 1 aromatic carbocycles. The first-order valence-corrected chi connectivity index (χ1v) is 48.5. The van der Waals surface area contributed by atoms with Crippen LogP contribution in [0, 0.1) is 63.7 Å². The Morgan fingerprint density at radius 3 is 1.22 bits per heavy atom. The van der Waals surface area contributed by atoms with Crippen molar-refractivity contribution < 1.29 is 96.5 Å². The topological polar surface area (TPSA) is 420 Å². The molecule has 40 nitrogen and oxygen atoms in total. The fourth-order valence-corrected chi connectivity index (χ4v) is 20.7. The number of ether oxygens (including phenoxy) is 4. The predicted molar refractivity (Wildman–Crippen MR) is 513 cm³/mol. The summed E-state index contributed by atoms with van der Waals surface area (Å²) in [4.78, 5) is 122. The van der Waals surface area contributed by atoms with Crippen molar-refractivity contribution in [3.8, 4) is 23.4 Å². The van der Waals surface area contributed by atoms with Crippen molar-refractivity contribution in [2.45, 2.75) is 167 Å². The van der Waals surface area contributed by atoms with Crippen LogP contribution in [0.15, 0.2) is 129 Å². The molecule has 0 radical (unpaired) electrons. The van der Waals surface area contributed by atoms with Crippen LogP contribution in [0.4, 0.5) is 73.0 Å². The number of rotatable bonds is 0. The number of amides is 5. The lowest BCUT2D eigenvalue weighted by atomic mass is 9.99. The van der Waals surface area contributed by atoms with Crippen molar-refractivity contribution >= 4 is 86.9 Å². The molecule has 149 heavy (non-hydrogen) atoms. The van der Waals surface area contributed by atoms with Gasteiger partial charge in [0, 0.05) is 97.8 Å². The molecular weight excluding hydrogens is 1960 g/mol. The molecule has 0 saturated carbocycles. The van der Waals surface area contributed by atoms with Crippen molar-refractivity contribution in [3.05, 3.63) is 247 Å². The predicted octanol–water partition coefficient (Wildman–Crippen LogP) is 12.4. The van der Waals surface area contributed by atoms with E-state index < -0.39 is 78.4 Å². The highest BCUT2D eigenvalue weighted by Crippen LogP contribution is 2.47. The lowest BCUT2D eigenvalue weighted by Crippen LogP contribution is -2.38. The van der Waals surface area contributed by atoms with E-state index in [1.54, 1.807) is 105 Å². The SMILES string of the molecule is Cc1nn2ccc3nc2c1C(=O)NCCCCc1ncc(F)cc1[C@H]1C[C@H](F)CN31.Cc1nn2ccc3nc2c1C(=O)NCCOc1ncc(F)cc1[C@H]1CCCN31.Cc1nn2ccc3nc2c1C(=O)NC[C@H](C)Oc1ccc(F)cc1[C@H]1CCCN31.Cc1nn2ccc3nc2c1C(=O)NOC(F)(F)COc1ncc(F)cc1[C@H]1C[C@H](F)CN31.Cc1nn2ccc3nc2c1C(=O)NOCCOc1ncc(F)cc1[C@H]1C[C@H](F)CN31. The van der Waals surface area contributed by atoms with Crippen LogP contribution in [0.25, 0.3) is 28.2 Å². The normalized spacial score (nSPS) is 21.5. The number of hydrogen-bond acceptors (Lipinski definition) is 30. The first-order chi connectivity index (χ1) is 71.9. The molecule has 0 spiro atoms. The highest BCUT2D eigenvalue weighted by Gasteiger charge is 2.44. The molecule has 5 fully saturated rings. The molecule has 0 unspecified atom stereocenters. The van der Waals surface area contributed by atoms with E-state index >= 15 is 0 Å². The average Bonchev–Trinajstić information content (AvgIpc) is 1.64. The number of alkyl halides is 5. The Bertz CT molecular complexity index is 7570. The lowest BCUT2D eigenvalue weighted by Gasteiger charge is -2.28. The fourth-order valence-electron chi connectivity index (χ4n) is 20.7. The van der Waals surface area contributed by atoms with E-state index in [2.05, 4.69) is 96.4 Å². The summed E-state index contributed by atoms with van der Waals surface area (Å²) < 4.78 is 172. The van der Waals surface area contributed by atoms with Gasteiger partial charge in [-0.2, -0.15) is 39.1 Å². The minimum atomic E-state index is -3.94. The summed E-state index contributed by atoms with van der Waals surface area (Å²) in [6.45, 7) is 12.3. The molecule has 25 rings (SSSR count). The number of hydroxylamine groups is 2. The number of nitrogens with one attached hydrogen (secondary N) is 5. The van der Waals surface area contributed by atoms with Gasteiger partial charge in [0.1, 0.15) is 136 Å². The van der Waals surface area contributed by atoms with Crippen LogP contribution < -0.4 is 70.4 Å². The first-order valence-electron chi connectivity index (χ1n) is 48.5. The number of halogens is 10. The van der Waals surface area contributed by atoms with E-state index in [0.717, 1.165) is 99.2 Å². The number of hydrogen-bond donors (Lipinski definition) is 5. The number of aromatic nitrogens is 19. The summed E-state index contributed by atoms with van der Waals surface area (Å²) in [5.41, 5.74) is 13.5. The molecule has 10 bridgehead atoms. The van der Waals surface area contributed by atoms with Crippen LogP contribution in [0.5, 0.6) is 23.4 Å². The van der Waals surface area contributed by atoms with Gasteiger partial charge in [-0.25, -0.2) is 109 Å². The summed E-state index contributed by atoms with van der Waals surface area (Å²) in [6, 6.07) is 16.9. The van der Waals surface area contributed by atoms with Gasteiger partial charge in [0.05, 0.1) is 116 Å². The smallest absolute Gasteiger partial charge is 0.409 e. The first kappa shape index (κ1) is 98.7. The van der Waals surface area contributed by atoms with Crippen LogP contribution in [0.2, 0.25) is 0 Å². The summed E-state index contributed by atoms with van der Waals surface area (Å²) in [6.07, 6.45) is 11.1. The van der Waals surface area contributed by atoms with Gasteiger partial charge in [0.25, 0.3) is 29.5 Å². The minimum Gasteiger partial charge on any atom is -0.489 e. The Kier molecular flexibility index (Phi) is 27.1. The second kappa shape index (κ2) is 40.8. The third kappa shape index (κ3) is 19.9. The number of nitrogens with zero attached hydrogens (tertiary/aromatic N) is 24. The Balaban J connectivity index is 0.000000109. The van der Waals surface area contributed by atoms with E-state index in [-0.39, 0.29) is 152 Å². The molecule has 5 amide bonds. The maximum atomic E-state index is 14.5. The lowest BCUT2D eigenvalue weighted by molar-refractivity contribution is -0.275. The quantitative estimate of drug-likeness (QED) is 0.0880. The van der Waals surface area contributed by atoms with E-state index in [9.17, 15) is 67.9 Å². The van der Waals surface area contributed by atoms with Gasteiger partial charge in [-0.1, -0.05) is 0 Å². The highest BCUT2D eigenvalue weighted by molar-refractivity contribution is 6.04. The van der Waals surface area contributed by atoms with Crippen molar-refractivity contribution in [3.63, 3.8) is 0 Å². The zero-order chi connectivity index (χ0) is 104. The molecule has 14 aromatic heterocycles. The molecule has 50 heteroatoms. The molecule has 10 aliphatic heterocycles. The van der Waals surface area contributed by atoms with Gasteiger partial charge in [-0.15, -0.1) is 0 Å². The highest BCUT2D eigenvalue weighted by atomic mass is 19.3. The minimum absolute atomic E-state index is 0.0291. The number of aryl methyl sites for hydroxylation is 6. The van der Waals surface area contributed by atoms with E-state index in [1.807, 2.05) is 30.2 Å². The summed E-state index contributed by atoms with van der Waals surface area (Å²) in [5, 5.41) is 30.3. The Labute approximate surface area is 840 Å². The summed E-state index contributed by atoms with van der Waals surface area (Å²) in [7, 11) is 0. The summed E-state index contributed by atoms with van der Waals surface area (Å²) >= 11 is 0. The van der Waals surface area contributed by atoms with Gasteiger partial charge in [-0.05, 0) is 165 Å². The number of benzene rings is 1. The van der Waals surface area contributed by atoms with Crippen LogP contribution >= 0.6 is 0 Å². The van der Waals surface area contributed by atoms with Crippen molar-refractivity contribution in [1.29, 1.82) is 0 Å². The summed E-state index contributed by atoms with van der Waals surface area (Å²) in [5.74, 6) is -0.905. The van der Waals surface area contributed by atoms with Gasteiger partial charge in [-0.3, -0.25) is 33.8 Å². The fraction of sp³-hybridized carbons (Fsp3) is 0.384. The molecule has 0 aliphatic carbocycles. The molecule has 5 saturated heterocycles. The zero-order valence-electron chi connectivity index (χ0n) is 80.9. The van der Waals surface area contributed by atoms with E-state index in [1.165, 1.54) is 52.6 Å². The number of pyridine rings is 4. The average molecular weight is 2060 g/mol. The molecule has 24 heterocycles. The van der Waals surface area contributed by atoms with Crippen molar-refractivity contribution in [2.24, 2.45) is 0 Å². The third-order valence-corrected chi connectivity index (χ3v) is 27.3. The molecule has 9 atom stereocenters. The number of carbonyl (C=O) groups excluding carboxylic acids is 5. The van der Waals surface area contributed by atoms with Crippen LogP contribution in [0.3, 0.4) is 0 Å². The monoisotopic (exact) mass is 2060 g/mol. The molecule has 5 N–H and O–H groups in total. The maximum absolute atomic E-state index is 14.5. The molecule has 10 aliphatic rings. The number of carbonyl (C=O) groups is 5. The van der Waals surface area contributed by atoms with Crippen LogP contribution in [-0.4, -0.2) is 232 Å². The second-order valence-corrected chi connectivity index (χ2v) is 37.3. The van der Waals surface area contributed by atoms with E-state index in [4.69, 9.17) is 33.8 Å². The van der Waals surface area contributed by atoms with Gasteiger partial charge >= 0.3 is 6.11 Å². The maximum Gasteiger partial charge on any atom is 0.409 e. The van der Waals surface area contributed by atoms with Crippen LogP contribution in [-0.2, 0) is 16.1 Å². The van der Waals surface area contributed by atoms with Crippen LogP contribution in [0.1, 0.15) is 209 Å². The van der Waals surface area contributed by atoms with Gasteiger partial charge in [0.15, 0.2) is 34.8 Å². The standard InChI is InChI=1S/C21H22F2N6O.C21H22FN5O2.C19H16F4N6O3.C19H18F2N6O3.C19H19FN6O2/c1-12-19-20-26-18(5-7-29(20)27-12)28-11-14(23)9-17(28)15-8-13(22)10-25-16(15)4-2-3-6-24-21(19)30;1-12-11-23-21(28)19-13(2)25-27-9-7-18(24-20(19)27)26-8-3-4-16(26)15-10-14(22)5-6-17(15)29-12;1-9-15-16-25-14(2-3-29(16)26-9)28-7-11(21)5-13(28)12-4-10(20)6-24-18(12)31-8-19(22,23)32-27-17(15)30;1-10-16-17-23-15(2-3-27(17)24-10)26-9-12(21)7-14(26)13-6-11(20)8-22-19(13)29-4-5-30-25-18(16)28;1-11-16-17-23-15(4-7-26(17)24-11)25-6-2-3-14(25)13-9-12(20)10-22-19(13)28-8-5-21-18(16)27/h5,7-8,10,14,17H,2-4,6,9,11H2,1H3,(H,24,30);5-7,9-10,12,16H,3-4,8,11H2,1-2H3,(H,23,28);2-4,6,11,13H,5,7-8H2,1H3,(H,27,30);2-3,6,8,12,14H,4-5,7,9H2,1H3,(H,25,28);4,7,9-10,14H,2-3,5-6,8H2,1H3,(H,21,27)/t14-,17+;12-,16+;11-,13+;12-,14+;14-/m00001/s1. The Morgan fingerprint density at radius 2 is 0.758 bits per heavy atom. The Morgan fingerprint density at radius 1 is 0.383 bits per heavy atom. The molecular formula is C99H97F10N29O11. The Hall–Kier alpha value is -16.3. The third-order valence-electron chi connectivity index (χ3n) is 27.3. The zero-order valence-corrected chi connectivity index (χ0v) is 80.9. The number of anilines is 5. The van der Waals surface area contributed by atoms with Crippen molar-refractivity contribution in [1.82, 2.24) is 120 Å². The molecule has 15 aromatic rings. The van der Waals surface area contributed by atoms with Gasteiger partial charge < -0.3 is 59.4 Å².